The van der Waals surface area contributed by atoms with Crippen LogP contribution in [-0.2, 0) is 15.9 Å². The van der Waals surface area contributed by atoms with Gasteiger partial charge >= 0.3 is 5.97 Å². The molecule has 3 aliphatic heterocycles. The van der Waals surface area contributed by atoms with E-state index in [2.05, 4.69) is 65.8 Å². The van der Waals surface area contributed by atoms with Gasteiger partial charge in [0.25, 0.3) is 0 Å². The number of fused-ring (bicyclic) bond motifs is 4. The molecule has 3 N–H and O–H groups in total. The number of aliphatic imine (C=N–C) groups is 1. The van der Waals surface area contributed by atoms with Crippen molar-refractivity contribution in [2.75, 3.05) is 69.2 Å². The molecule has 0 spiro atoms. The van der Waals surface area contributed by atoms with Gasteiger partial charge in [0, 0.05) is 79.8 Å². The summed E-state index contributed by atoms with van der Waals surface area (Å²) in [6.07, 6.45) is 8.83. The quantitative estimate of drug-likeness (QED) is 0.110. The molecular weight excluding hydrogens is 809 g/mol. The van der Waals surface area contributed by atoms with E-state index in [4.69, 9.17) is 35.3 Å². The van der Waals surface area contributed by atoms with Gasteiger partial charge in [-0.05, 0) is 126 Å². The highest BCUT2D eigenvalue weighted by Gasteiger charge is 2.60. The lowest BCUT2D eigenvalue weighted by molar-refractivity contribution is -0.166. The minimum atomic E-state index is -0.492. The van der Waals surface area contributed by atoms with Crippen molar-refractivity contribution in [3.05, 3.63) is 64.5 Å². The molecule has 334 valence electrons. The first kappa shape index (κ1) is 42.5. The number of anilines is 4. The number of ether oxygens (including phenoxy) is 2. The van der Waals surface area contributed by atoms with Gasteiger partial charge < -0.3 is 25.4 Å². The summed E-state index contributed by atoms with van der Waals surface area (Å²) in [5.74, 6) is 2.57. The van der Waals surface area contributed by atoms with E-state index in [-0.39, 0.29) is 28.7 Å². The number of para-hydroxylation sites is 1. The third-order valence-electron chi connectivity index (χ3n) is 15.2. The molecule has 4 saturated carbocycles. The summed E-state index contributed by atoms with van der Waals surface area (Å²) >= 11 is 1.59. The number of carbonyl (C=O) groups is 1. The summed E-state index contributed by atoms with van der Waals surface area (Å²) in [5, 5.41) is 13.6. The third kappa shape index (κ3) is 8.25. The molecule has 7 aliphatic rings. The van der Waals surface area contributed by atoms with Gasteiger partial charge in [-0.1, -0.05) is 37.3 Å². The summed E-state index contributed by atoms with van der Waals surface area (Å²) in [5.41, 5.74) is 13.3. The van der Waals surface area contributed by atoms with E-state index in [1.165, 1.54) is 19.3 Å². The monoisotopic (exact) mass is 872 g/mol. The Kier molecular flexibility index (Phi) is 11.1. The maximum Gasteiger partial charge on any atom is 0.358 e. The lowest BCUT2D eigenvalue weighted by Gasteiger charge is -2.56. The van der Waals surface area contributed by atoms with E-state index in [1.54, 1.807) is 11.3 Å². The van der Waals surface area contributed by atoms with Crippen LogP contribution in [-0.4, -0.2) is 112 Å². The van der Waals surface area contributed by atoms with Crippen LogP contribution >= 0.6 is 11.3 Å². The molecule has 4 bridgehead atoms. The lowest BCUT2D eigenvalue weighted by atomic mass is 9.53. The first-order valence-electron chi connectivity index (χ1n) is 23.3. The highest BCUT2D eigenvalue weighted by atomic mass is 32.1. The van der Waals surface area contributed by atoms with Gasteiger partial charge in [0.15, 0.2) is 22.5 Å². The minimum Gasteiger partial charge on any atom is -0.455 e. The molecule has 14 heteroatoms. The number of nitrogens with two attached hydrogens (primary N) is 1. The zero-order chi connectivity index (χ0) is 43.7. The van der Waals surface area contributed by atoms with Crippen molar-refractivity contribution in [2.45, 2.75) is 105 Å². The van der Waals surface area contributed by atoms with E-state index in [9.17, 15) is 4.79 Å². The van der Waals surface area contributed by atoms with Crippen LogP contribution in [0.3, 0.4) is 0 Å². The average molecular weight is 873 g/mol. The molecule has 3 aromatic heterocycles. The van der Waals surface area contributed by atoms with Crippen molar-refractivity contribution in [3.8, 4) is 0 Å². The first-order valence-corrected chi connectivity index (χ1v) is 24.1. The second-order valence-electron chi connectivity index (χ2n) is 20.6. The van der Waals surface area contributed by atoms with Crippen LogP contribution in [0.4, 0.5) is 22.6 Å². The fourth-order valence-corrected chi connectivity index (χ4v) is 13.8. The molecule has 13 nitrogen and oxygen atoms in total. The van der Waals surface area contributed by atoms with Crippen molar-refractivity contribution in [3.63, 3.8) is 0 Å². The van der Waals surface area contributed by atoms with Crippen molar-refractivity contribution >= 4 is 61.4 Å². The smallest absolute Gasteiger partial charge is 0.358 e. The maximum absolute atomic E-state index is 13.7. The first-order chi connectivity index (χ1) is 30.3. The van der Waals surface area contributed by atoms with Crippen molar-refractivity contribution < 1.29 is 14.3 Å². The zero-order valence-corrected chi connectivity index (χ0v) is 38.8. The molecule has 0 amide bonds. The molecule has 4 aliphatic carbocycles. The Labute approximate surface area is 375 Å². The molecule has 0 radical (unpaired) electrons. The van der Waals surface area contributed by atoms with Crippen LogP contribution in [0.25, 0.3) is 15.8 Å². The Hall–Kier alpha value is -4.50. The van der Waals surface area contributed by atoms with Crippen molar-refractivity contribution in [1.82, 2.24) is 30.0 Å². The molecule has 6 heterocycles. The van der Waals surface area contributed by atoms with Gasteiger partial charge in [0.05, 0.1) is 28.1 Å². The minimum absolute atomic E-state index is 0.00980. The van der Waals surface area contributed by atoms with E-state index in [0.717, 1.165) is 122 Å². The maximum atomic E-state index is 13.7. The van der Waals surface area contributed by atoms with Crippen molar-refractivity contribution in [2.24, 2.45) is 33.4 Å². The number of allylic oxidation sites excluding steroid dienone is 1. The fraction of sp³-hybridized carbons (Fsp3) is 0.592. The second kappa shape index (κ2) is 16.5. The summed E-state index contributed by atoms with van der Waals surface area (Å²) in [4.78, 5) is 36.0. The van der Waals surface area contributed by atoms with E-state index in [0.29, 0.717) is 47.3 Å². The number of benzene rings is 1. The van der Waals surface area contributed by atoms with E-state index >= 15 is 0 Å². The molecule has 63 heavy (non-hydrogen) atoms. The van der Waals surface area contributed by atoms with Crippen LogP contribution in [0.5, 0.6) is 0 Å². The summed E-state index contributed by atoms with van der Waals surface area (Å²) in [6.45, 7) is 21.5. The number of carbonyl (C=O) groups excluding carboxylic acids is 1. The number of nitrogens with zero attached hydrogens (tertiary/aromatic N) is 8. The predicted molar refractivity (Wildman–Crippen MR) is 251 cm³/mol. The SMILES string of the molecule is CC(=NCC1CC2(C)CC3(C)CC1CC(OCCN1CCN(C(C)C)CC1)(C2)C3)C1=C(N)COC(=O)c2nc(N3CCCc4c3nnc(Nc3nc5ccccc5s3)c4C)ccc21. The number of cyclic esters (lactones) is 1. The number of aromatic nitrogens is 4. The van der Waals surface area contributed by atoms with Gasteiger partial charge in [-0.15, -0.1) is 10.2 Å². The summed E-state index contributed by atoms with van der Waals surface area (Å²) in [6, 6.07) is 12.6. The van der Waals surface area contributed by atoms with Gasteiger partial charge in [0.2, 0.25) is 0 Å². The molecule has 11 rings (SSSR count). The van der Waals surface area contributed by atoms with Crippen LogP contribution in [0.1, 0.15) is 107 Å². The molecule has 5 atom stereocenters. The normalized spacial score (nSPS) is 28.9. The Balaban J connectivity index is 0.857. The van der Waals surface area contributed by atoms with Gasteiger partial charge in [0.1, 0.15) is 12.4 Å². The standard InChI is InChI=1S/C49H64N10O3S/c1-30(2)58-18-16-57(17-19-58)20-21-62-49-24-33-22-47(5,28-49)27-48(6,29-49)23-34(33)25-51-32(4)41-36-13-14-40(53-42(36)45(60)61-26-37(41)50)59-15-9-10-35-31(3)43(55-56-44(35)59)54-46-52-38-11-7-8-12-39(38)63-46/h7-8,11-14,30,33-34H,9-10,15-29,50H2,1-6H3,(H,52,54,55). The van der Waals surface area contributed by atoms with Gasteiger partial charge in [-0.2, -0.15) is 0 Å². The van der Waals surface area contributed by atoms with Crippen LogP contribution < -0.4 is 16.0 Å². The zero-order valence-electron chi connectivity index (χ0n) is 38.0. The molecule has 5 fully saturated rings. The summed E-state index contributed by atoms with van der Waals surface area (Å²) < 4.78 is 14.0. The number of hydrogen-bond donors (Lipinski definition) is 2. The molecule has 1 aromatic carbocycles. The van der Waals surface area contributed by atoms with Crippen molar-refractivity contribution in [1.29, 1.82) is 0 Å². The number of pyridine rings is 1. The van der Waals surface area contributed by atoms with Crippen LogP contribution in [0.2, 0.25) is 0 Å². The molecule has 5 unspecified atom stereocenters. The second-order valence-corrected chi connectivity index (χ2v) is 21.6. The number of piperazine rings is 1. The fourth-order valence-electron chi connectivity index (χ4n) is 12.9. The topological polar surface area (TPSA) is 147 Å². The van der Waals surface area contributed by atoms with Crippen LogP contribution in [0.15, 0.2) is 47.1 Å². The van der Waals surface area contributed by atoms with E-state index in [1.807, 2.05) is 37.3 Å². The lowest BCUT2D eigenvalue weighted by Crippen LogP contribution is -2.53. The Bertz CT molecular complexity index is 2440. The Morgan fingerprint density at radius 1 is 1.02 bits per heavy atom. The molecular formula is C49H64N10O3S. The van der Waals surface area contributed by atoms with Gasteiger partial charge in [-0.3, -0.25) is 14.8 Å². The number of hydrogen-bond acceptors (Lipinski definition) is 14. The Morgan fingerprint density at radius 2 is 1.81 bits per heavy atom. The number of esters is 1. The highest BCUT2D eigenvalue weighted by Crippen LogP contribution is 2.66. The Morgan fingerprint density at radius 3 is 2.60 bits per heavy atom. The largest absolute Gasteiger partial charge is 0.455 e. The molecule has 4 aromatic rings. The van der Waals surface area contributed by atoms with E-state index < -0.39 is 5.97 Å². The predicted octanol–water partition coefficient (Wildman–Crippen LogP) is 8.33. The van der Waals surface area contributed by atoms with Gasteiger partial charge in [-0.25, -0.2) is 14.8 Å². The number of rotatable bonds is 11. The highest BCUT2D eigenvalue weighted by molar-refractivity contribution is 7.22. The number of thiazole rings is 1. The number of nitrogens with one attached hydrogen (secondary N) is 1. The third-order valence-corrected chi connectivity index (χ3v) is 16.2. The molecule has 1 saturated heterocycles. The average Bonchev–Trinajstić information content (AvgIpc) is 3.55. The summed E-state index contributed by atoms with van der Waals surface area (Å²) in [7, 11) is 0. The van der Waals surface area contributed by atoms with Crippen LogP contribution in [0, 0.1) is 29.6 Å².